The number of rotatable bonds is 5. The summed E-state index contributed by atoms with van der Waals surface area (Å²) in [6, 6.07) is 13.3. The zero-order chi connectivity index (χ0) is 14.4. The predicted octanol–water partition coefficient (Wildman–Crippen LogP) is 2.89. The molecule has 1 aromatic carbocycles. The van der Waals surface area contributed by atoms with Gasteiger partial charge in [0, 0.05) is 19.3 Å². The Morgan fingerprint density at radius 3 is 2.50 bits per heavy atom. The Morgan fingerprint density at radius 1 is 1.20 bits per heavy atom. The van der Waals surface area contributed by atoms with Crippen LogP contribution in [0, 0.1) is 0 Å². The number of aromatic nitrogens is 1. The maximum Gasteiger partial charge on any atom is 0.337 e. The third-order valence-corrected chi connectivity index (χ3v) is 3.10. The molecular formula is C16H18N2O2. The minimum atomic E-state index is -0.311. The van der Waals surface area contributed by atoms with Gasteiger partial charge in [0.25, 0.3) is 0 Å². The number of pyridine rings is 1. The standard InChI is InChI=1S/C16H18N2O2/c1-3-18(15-6-4-5-11-17-15)12-13-7-9-14(10-8-13)16(19)20-2/h4-11H,3,12H2,1-2H3. The van der Waals surface area contributed by atoms with Crippen molar-refractivity contribution in [3.8, 4) is 0 Å². The summed E-state index contributed by atoms with van der Waals surface area (Å²) in [5.74, 6) is 0.640. The summed E-state index contributed by atoms with van der Waals surface area (Å²) in [5.41, 5.74) is 1.70. The Hall–Kier alpha value is -2.36. The molecule has 0 radical (unpaired) electrons. The average molecular weight is 270 g/mol. The molecule has 0 bridgehead atoms. The van der Waals surface area contributed by atoms with Crippen LogP contribution < -0.4 is 4.90 Å². The van der Waals surface area contributed by atoms with Crippen molar-refractivity contribution >= 4 is 11.8 Å². The van der Waals surface area contributed by atoms with E-state index in [9.17, 15) is 4.79 Å². The highest BCUT2D eigenvalue weighted by Gasteiger charge is 2.08. The molecule has 0 aliphatic rings. The highest BCUT2D eigenvalue weighted by Crippen LogP contribution is 2.14. The predicted molar refractivity (Wildman–Crippen MR) is 78.7 cm³/mol. The number of hydrogen-bond donors (Lipinski definition) is 0. The topological polar surface area (TPSA) is 42.4 Å². The molecule has 104 valence electrons. The maximum absolute atomic E-state index is 11.4. The molecule has 0 amide bonds. The van der Waals surface area contributed by atoms with Gasteiger partial charge in [0.05, 0.1) is 12.7 Å². The van der Waals surface area contributed by atoms with Crippen LogP contribution in [0.2, 0.25) is 0 Å². The molecule has 0 spiro atoms. The molecule has 0 saturated heterocycles. The Balaban J connectivity index is 2.10. The van der Waals surface area contributed by atoms with Crippen LogP contribution in [0.25, 0.3) is 0 Å². The molecule has 0 aliphatic heterocycles. The Kier molecular flexibility index (Phi) is 4.71. The van der Waals surface area contributed by atoms with Gasteiger partial charge in [0.2, 0.25) is 0 Å². The Labute approximate surface area is 119 Å². The van der Waals surface area contributed by atoms with Crippen LogP contribution in [0.1, 0.15) is 22.8 Å². The van der Waals surface area contributed by atoms with Crippen molar-refractivity contribution in [2.45, 2.75) is 13.5 Å². The van der Waals surface area contributed by atoms with Crippen molar-refractivity contribution in [2.24, 2.45) is 0 Å². The second-order valence-corrected chi connectivity index (χ2v) is 4.39. The van der Waals surface area contributed by atoms with Crippen molar-refractivity contribution < 1.29 is 9.53 Å². The van der Waals surface area contributed by atoms with E-state index in [4.69, 9.17) is 0 Å². The first-order valence-electron chi connectivity index (χ1n) is 6.58. The summed E-state index contributed by atoms with van der Waals surface area (Å²) in [5, 5.41) is 0. The fraction of sp³-hybridized carbons (Fsp3) is 0.250. The minimum Gasteiger partial charge on any atom is -0.465 e. The summed E-state index contributed by atoms with van der Waals surface area (Å²) in [6.45, 7) is 3.72. The van der Waals surface area contributed by atoms with Gasteiger partial charge in [-0.3, -0.25) is 0 Å². The molecule has 0 N–H and O–H groups in total. The van der Waals surface area contributed by atoms with Crippen LogP contribution >= 0.6 is 0 Å². The monoisotopic (exact) mass is 270 g/mol. The van der Waals surface area contributed by atoms with Crippen LogP contribution in [0.5, 0.6) is 0 Å². The summed E-state index contributed by atoms with van der Waals surface area (Å²) >= 11 is 0. The fourth-order valence-corrected chi connectivity index (χ4v) is 1.98. The fourth-order valence-electron chi connectivity index (χ4n) is 1.98. The molecule has 0 atom stereocenters. The lowest BCUT2D eigenvalue weighted by Crippen LogP contribution is -2.22. The molecule has 1 heterocycles. The number of hydrogen-bond acceptors (Lipinski definition) is 4. The summed E-state index contributed by atoms with van der Waals surface area (Å²) in [6.07, 6.45) is 1.79. The zero-order valence-electron chi connectivity index (χ0n) is 11.7. The van der Waals surface area contributed by atoms with Gasteiger partial charge < -0.3 is 9.64 Å². The summed E-state index contributed by atoms with van der Waals surface area (Å²) in [7, 11) is 1.39. The minimum absolute atomic E-state index is 0.311. The number of carbonyl (C=O) groups excluding carboxylic acids is 1. The van der Waals surface area contributed by atoms with E-state index < -0.39 is 0 Å². The molecule has 0 fully saturated rings. The molecule has 20 heavy (non-hydrogen) atoms. The molecule has 4 heteroatoms. The number of nitrogens with zero attached hydrogens (tertiary/aromatic N) is 2. The van der Waals surface area contributed by atoms with E-state index in [1.54, 1.807) is 18.3 Å². The van der Waals surface area contributed by atoms with E-state index in [0.717, 1.165) is 24.5 Å². The van der Waals surface area contributed by atoms with Gasteiger partial charge in [-0.25, -0.2) is 9.78 Å². The molecule has 2 aromatic rings. The van der Waals surface area contributed by atoms with E-state index in [2.05, 4.69) is 21.5 Å². The lowest BCUT2D eigenvalue weighted by molar-refractivity contribution is 0.0600. The van der Waals surface area contributed by atoms with E-state index >= 15 is 0 Å². The molecule has 4 nitrogen and oxygen atoms in total. The van der Waals surface area contributed by atoms with E-state index in [1.165, 1.54) is 7.11 Å². The number of anilines is 1. The number of esters is 1. The third kappa shape index (κ3) is 3.35. The lowest BCUT2D eigenvalue weighted by Gasteiger charge is -2.21. The number of carbonyl (C=O) groups is 1. The first-order chi connectivity index (χ1) is 9.74. The van der Waals surface area contributed by atoms with Gasteiger partial charge in [-0.1, -0.05) is 18.2 Å². The average Bonchev–Trinajstić information content (AvgIpc) is 2.53. The molecular weight excluding hydrogens is 252 g/mol. The maximum atomic E-state index is 11.4. The highest BCUT2D eigenvalue weighted by molar-refractivity contribution is 5.89. The van der Waals surface area contributed by atoms with Gasteiger partial charge in [-0.2, -0.15) is 0 Å². The smallest absolute Gasteiger partial charge is 0.337 e. The number of methoxy groups -OCH3 is 1. The molecule has 0 aliphatic carbocycles. The normalized spacial score (nSPS) is 10.1. The lowest BCUT2D eigenvalue weighted by atomic mass is 10.1. The SMILES string of the molecule is CCN(Cc1ccc(C(=O)OC)cc1)c1ccccn1. The molecule has 0 unspecified atom stereocenters. The van der Waals surface area contributed by atoms with Crippen molar-refractivity contribution in [3.63, 3.8) is 0 Å². The van der Waals surface area contributed by atoms with Gasteiger partial charge >= 0.3 is 5.97 Å². The van der Waals surface area contributed by atoms with Gasteiger partial charge in [-0.05, 0) is 36.8 Å². The van der Waals surface area contributed by atoms with E-state index in [1.807, 2.05) is 30.3 Å². The van der Waals surface area contributed by atoms with Crippen LogP contribution in [0.4, 0.5) is 5.82 Å². The largest absolute Gasteiger partial charge is 0.465 e. The summed E-state index contributed by atoms with van der Waals surface area (Å²) < 4.78 is 4.69. The van der Waals surface area contributed by atoms with Crippen LogP contribution in [0.15, 0.2) is 48.7 Å². The van der Waals surface area contributed by atoms with Crippen LogP contribution in [-0.2, 0) is 11.3 Å². The summed E-state index contributed by atoms with van der Waals surface area (Å²) in [4.78, 5) is 17.9. The second-order valence-electron chi connectivity index (χ2n) is 4.39. The van der Waals surface area contributed by atoms with Crippen LogP contribution in [-0.4, -0.2) is 24.6 Å². The Bertz CT molecular complexity index is 552. The van der Waals surface area contributed by atoms with Crippen molar-refractivity contribution in [3.05, 3.63) is 59.8 Å². The van der Waals surface area contributed by atoms with Crippen molar-refractivity contribution in [1.29, 1.82) is 0 Å². The quantitative estimate of drug-likeness (QED) is 0.783. The molecule has 2 rings (SSSR count). The third-order valence-electron chi connectivity index (χ3n) is 3.10. The van der Waals surface area contributed by atoms with E-state index in [0.29, 0.717) is 5.56 Å². The van der Waals surface area contributed by atoms with Gasteiger partial charge in [-0.15, -0.1) is 0 Å². The van der Waals surface area contributed by atoms with E-state index in [-0.39, 0.29) is 5.97 Å². The Morgan fingerprint density at radius 2 is 1.95 bits per heavy atom. The second kappa shape index (κ2) is 6.70. The van der Waals surface area contributed by atoms with Crippen molar-refractivity contribution in [1.82, 2.24) is 4.98 Å². The zero-order valence-corrected chi connectivity index (χ0v) is 11.7. The molecule has 1 aromatic heterocycles. The number of ether oxygens (including phenoxy) is 1. The first kappa shape index (κ1) is 14.1. The number of benzene rings is 1. The van der Waals surface area contributed by atoms with Gasteiger partial charge in [0.1, 0.15) is 5.82 Å². The first-order valence-corrected chi connectivity index (χ1v) is 6.58. The van der Waals surface area contributed by atoms with Gasteiger partial charge in [0.15, 0.2) is 0 Å². The molecule has 0 saturated carbocycles. The highest BCUT2D eigenvalue weighted by atomic mass is 16.5. The van der Waals surface area contributed by atoms with Crippen LogP contribution in [0.3, 0.4) is 0 Å². The van der Waals surface area contributed by atoms with Crippen molar-refractivity contribution in [2.75, 3.05) is 18.6 Å².